The molecule has 0 aliphatic heterocycles. The Morgan fingerprint density at radius 2 is 1.63 bits per heavy atom. The van der Waals surface area contributed by atoms with E-state index in [1.807, 2.05) is 0 Å². The van der Waals surface area contributed by atoms with Gasteiger partial charge in [0.05, 0.1) is 12.7 Å². The number of alkyl halides is 6. The molecule has 0 atom stereocenters. The van der Waals surface area contributed by atoms with Gasteiger partial charge in [0.1, 0.15) is 28.6 Å². The highest BCUT2D eigenvalue weighted by Gasteiger charge is 2.37. The van der Waals surface area contributed by atoms with Crippen molar-refractivity contribution in [1.82, 2.24) is 4.90 Å². The Morgan fingerprint density at radius 1 is 1.07 bits per heavy atom. The van der Waals surface area contributed by atoms with Crippen LogP contribution in [0.15, 0.2) is 24.3 Å². The number of halogens is 6. The van der Waals surface area contributed by atoms with E-state index >= 15 is 0 Å². The Bertz CT molecular complexity index is 974. The summed E-state index contributed by atoms with van der Waals surface area (Å²) >= 11 is 5.17. The molecule has 0 spiro atoms. The van der Waals surface area contributed by atoms with Crippen molar-refractivity contribution in [2.75, 3.05) is 27.3 Å². The van der Waals surface area contributed by atoms with Crippen LogP contribution in [0.2, 0.25) is 0 Å². The molecule has 12 heteroatoms. The minimum absolute atomic E-state index is 0.162. The van der Waals surface area contributed by atoms with Crippen LogP contribution in [0.1, 0.15) is 11.1 Å². The van der Waals surface area contributed by atoms with E-state index in [4.69, 9.17) is 26.8 Å². The van der Waals surface area contributed by atoms with Crippen LogP contribution in [-0.2, 0) is 11.0 Å². The molecule has 2 rings (SSSR count). The van der Waals surface area contributed by atoms with Crippen LogP contribution in [0.25, 0.3) is 10.8 Å². The summed E-state index contributed by atoms with van der Waals surface area (Å²) in [5, 5.41) is 8.40. The van der Waals surface area contributed by atoms with Gasteiger partial charge in [0.25, 0.3) is 0 Å². The number of fused-ring (bicyclic) bond motifs is 1. The number of benzene rings is 2. The van der Waals surface area contributed by atoms with Crippen molar-refractivity contribution in [2.45, 2.75) is 12.4 Å². The van der Waals surface area contributed by atoms with Gasteiger partial charge < -0.3 is 19.5 Å². The van der Waals surface area contributed by atoms with Gasteiger partial charge in [0, 0.05) is 7.05 Å². The first-order valence-electron chi connectivity index (χ1n) is 8.14. The van der Waals surface area contributed by atoms with Crippen molar-refractivity contribution < 1.29 is 45.7 Å². The Balaban J connectivity index is 2.78. The van der Waals surface area contributed by atoms with E-state index in [1.54, 1.807) is 0 Å². The van der Waals surface area contributed by atoms with Crippen LogP contribution in [0.3, 0.4) is 0 Å². The quantitative estimate of drug-likeness (QED) is 0.512. The normalized spacial score (nSPS) is 12.0. The summed E-state index contributed by atoms with van der Waals surface area (Å²) in [6.45, 7) is -2.34. The van der Waals surface area contributed by atoms with E-state index in [0.29, 0.717) is 0 Å². The lowest BCUT2D eigenvalue weighted by molar-refractivity contribution is -0.153. The summed E-state index contributed by atoms with van der Waals surface area (Å²) in [6.07, 6.45) is -9.55. The van der Waals surface area contributed by atoms with Gasteiger partial charge in [-0.3, -0.25) is 4.79 Å². The number of carboxylic acid groups (broad SMARTS) is 1. The lowest BCUT2D eigenvalue weighted by Gasteiger charge is -2.23. The summed E-state index contributed by atoms with van der Waals surface area (Å²) in [4.78, 5) is 11.7. The van der Waals surface area contributed by atoms with Gasteiger partial charge in [-0.15, -0.1) is 0 Å². The number of thiocarbonyl (C=S) groups is 1. The predicted molar refractivity (Wildman–Crippen MR) is 99.0 cm³/mol. The molecule has 0 saturated carbocycles. The van der Waals surface area contributed by atoms with Gasteiger partial charge in [-0.05, 0) is 35.0 Å². The van der Waals surface area contributed by atoms with E-state index in [0.717, 1.165) is 30.2 Å². The zero-order valence-electron chi connectivity index (χ0n) is 15.5. The Kier molecular flexibility index (Phi) is 6.70. The zero-order chi connectivity index (χ0) is 22.9. The Morgan fingerprint density at radius 3 is 2.13 bits per heavy atom. The van der Waals surface area contributed by atoms with Crippen LogP contribution in [0.4, 0.5) is 26.3 Å². The highest BCUT2D eigenvalue weighted by atomic mass is 32.1. The van der Waals surface area contributed by atoms with Gasteiger partial charge in [0.2, 0.25) is 0 Å². The van der Waals surface area contributed by atoms with E-state index < -0.39 is 48.5 Å². The second kappa shape index (κ2) is 8.54. The highest BCUT2D eigenvalue weighted by molar-refractivity contribution is 7.80. The van der Waals surface area contributed by atoms with Gasteiger partial charge in [-0.1, -0.05) is 12.2 Å². The number of likely N-dealkylation sites (N-methyl/N-ethyl adjacent to an activating group) is 1. The van der Waals surface area contributed by atoms with Gasteiger partial charge in [0.15, 0.2) is 6.61 Å². The van der Waals surface area contributed by atoms with Crippen molar-refractivity contribution in [3.05, 3.63) is 35.4 Å². The minimum Gasteiger partial charge on any atom is -0.496 e. The number of hydrogen-bond acceptors (Lipinski definition) is 4. The third kappa shape index (κ3) is 5.23. The molecule has 0 amide bonds. The lowest BCUT2D eigenvalue weighted by Crippen LogP contribution is -2.32. The van der Waals surface area contributed by atoms with E-state index in [9.17, 15) is 31.1 Å². The van der Waals surface area contributed by atoms with Crippen LogP contribution in [0, 0.1) is 0 Å². The molecular weight excluding hydrogens is 440 g/mol. The summed E-state index contributed by atoms with van der Waals surface area (Å²) in [5.41, 5.74) is -1.40. The molecule has 0 aromatic heterocycles. The fourth-order valence-corrected chi connectivity index (χ4v) is 3.07. The first-order valence-corrected chi connectivity index (χ1v) is 8.54. The molecule has 0 bridgehead atoms. The molecule has 5 nitrogen and oxygen atoms in total. The number of aliphatic carboxylic acids is 1. The van der Waals surface area contributed by atoms with Gasteiger partial charge in [-0.2, -0.15) is 26.3 Å². The second-order valence-corrected chi connectivity index (χ2v) is 6.52. The second-order valence-electron chi connectivity index (χ2n) is 6.13. The first kappa shape index (κ1) is 23.5. The average molecular weight is 455 g/mol. The molecule has 2 aromatic carbocycles. The van der Waals surface area contributed by atoms with Crippen molar-refractivity contribution in [3.8, 4) is 11.5 Å². The fraction of sp³-hybridized carbons (Fsp3) is 0.333. The predicted octanol–water partition coefficient (Wildman–Crippen LogP) is 4.50. The molecule has 1 N–H and O–H groups in total. The zero-order valence-corrected chi connectivity index (χ0v) is 16.3. The van der Waals surface area contributed by atoms with Crippen LogP contribution in [0.5, 0.6) is 11.5 Å². The number of hydrogen-bond donors (Lipinski definition) is 1. The van der Waals surface area contributed by atoms with Crippen molar-refractivity contribution in [3.63, 3.8) is 0 Å². The molecule has 0 aliphatic rings. The van der Waals surface area contributed by atoms with Crippen LogP contribution >= 0.6 is 12.2 Å². The summed E-state index contributed by atoms with van der Waals surface area (Å²) in [6, 6.07) is 4.08. The molecule has 0 unspecified atom stereocenters. The molecule has 0 heterocycles. The third-order valence-corrected chi connectivity index (χ3v) is 4.47. The number of ether oxygens (including phenoxy) is 2. The highest BCUT2D eigenvalue weighted by Crippen LogP contribution is 2.43. The van der Waals surface area contributed by atoms with Crippen LogP contribution in [-0.4, -0.2) is 54.4 Å². The average Bonchev–Trinajstić information content (AvgIpc) is 2.62. The maximum atomic E-state index is 13.7. The van der Waals surface area contributed by atoms with Crippen molar-refractivity contribution >= 4 is 33.9 Å². The number of rotatable bonds is 6. The standard InChI is InChI=1S/C18H15F6NO4S/c1-25(7-13(26)27)16(30)14-9-3-6-12(28-2)15(18(22,23)24)10(9)4-5-11(14)29-8-17(19,20)21/h3-6H,7-8H2,1-2H3,(H,26,27). The minimum atomic E-state index is -4.84. The topological polar surface area (TPSA) is 59.0 Å². The molecule has 164 valence electrons. The maximum absolute atomic E-state index is 13.7. The monoisotopic (exact) mass is 455 g/mol. The Hall–Kier alpha value is -2.76. The molecule has 0 fully saturated rings. The van der Waals surface area contributed by atoms with E-state index in [-0.39, 0.29) is 21.3 Å². The third-order valence-electron chi connectivity index (χ3n) is 3.95. The van der Waals surface area contributed by atoms with Crippen molar-refractivity contribution in [1.29, 1.82) is 0 Å². The molecule has 2 aromatic rings. The maximum Gasteiger partial charge on any atom is 0.422 e. The van der Waals surface area contributed by atoms with Gasteiger partial charge in [-0.25, -0.2) is 0 Å². The van der Waals surface area contributed by atoms with E-state index in [2.05, 4.69) is 0 Å². The SMILES string of the molecule is COc1ccc2c(C(=S)N(C)CC(=O)O)c(OCC(F)(F)F)ccc2c1C(F)(F)F. The molecule has 0 saturated heterocycles. The lowest BCUT2D eigenvalue weighted by atomic mass is 9.97. The number of carbonyl (C=O) groups is 1. The van der Waals surface area contributed by atoms with Gasteiger partial charge >= 0.3 is 18.3 Å². The van der Waals surface area contributed by atoms with E-state index in [1.165, 1.54) is 13.1 Å². The van der Waals surface area contributed by atoms with Crippen molar-refractivity contribution in [2.24, 2.45) is 0 Å². The Labute approximate surface area is 171 Å². The summed E-state index contributed by atoms with van der Waals surface area (Å²) in [5.74, 6) is -2.22. The number of methoxy groups -OCH3 is 1. The number of carboxylic acids is 1. The summed E-state index contributed by atoms with van der Waals surface area (Å²) < 4.78 is 88.4. The molecular formula is C18H15F6NO4S. The molecule has 0 aliphatic carbocycles. The fourth-order valence-electron chi connectivity index (χ4n) is 2.79. The largest absolute Gasteiger partial charge is 0.496 e. The number of nitrogens with zero attached hydrogens (tertiary/aromatic N) is 1. The smallest absolute Gasteiger partial charge is 0.422 e. The van der Waals surface area contributed by atoms with Crippen LogP contribution < -0.4 is 9.47 Å². The molecule has 30 heavy (non-hydrogen) atoms. The summed E-state index contributed by atoms with van der Waals surface area (Å²) in [7, 11) is 2.29. The molecule has 0 radical (unpaired) electrons. The first-order chi connectivity index (χ1) is 13.8.